The number of nitrogens with one attached hydrogen (secondary N) is 1. The van der Waals surface area contributed by atoms with Crippen molar-refractivity contribution < 1.29 is 9.53 Å². The summed E-state index contributed by atoms with van der Waals surface area (Å²) in [5.74, 6) is 1.72. The predicted molar refractivity (Wildman–Crippen MR) is 127 cm³/mol. The molecule has 3 N–H and O–H groups in total. The second-order valence-corrected chi connectivity index (χ2v) is 10.0. The van der Waals surface area contributed by atoms with E-state index in [1.54, 1.807) is 0 Å². The van der Waals surface area contributed by atoms with Crippen LogP contribution in [-0.2, 0) is 16.0 Å². The Balaban J connectivity index is 1.28. The average molecular weight is 474 g/mol. The Hall–Kier alpha value is -2.36. The standard InChI is InChI=1S/C23H32ClN7O2/c1-15-11-30(12-15)21(32)20-13-31(19(14-33-20)10-16-2-4-17(24)5-3-16)18-6-8-29(9-7-18)23-26-22(25)27-28-23/h2-5,15,18-20H,6-14H2,1H3,(H3,25,26,27,28). The number of ether oxygens (including phenoxy) is 1. The Labute approximate surface area is 199 Å². The van der Waals surface area contributed by atoms with Crippen molar-refractivity contribution in [2.24, 2.45) is 5.92 Å². The fourth-order valence-electron chi connectivity index (χ4n) is 5.27. The molecular formula is C23H32ClN7O2. The maximum absolute atomic E-state index is 13.0. The van der Waals surface area contributed by atoms with Crippen LogP contribution in [0.15, 0.2) is 24.3 Å². The van der Waals surface area contributed by atoms with Crippen LogP contribution in [0.2, 0.25) is 5.02 Å². The monoisotopic (exact) mass is 473 g/mol. The number of amides is 1. The summed E-state index contributed by atoms with van der Waals surface area (Å²) in [5, 5.41) is 7.66. The highest BCUT2D eigenvalue weighted by Crippen LogP contribution is 2.28. The summed E-state index contributed by atoms with van der Waals surface area (Å²) in [7, 11) is 0. The fourth-order valence-corrected chi connectivity index (χ4v) is 5.39. The molecule has 1 aromatic carbocycles. The number of hydrogen-bond acceptors (Lipinski definition) is 7. The number of likely N-dealkylation sites (tertiary alicyclic amines) is 1. The molecule has 2 unspecified atom stereocenters. The van der Waals surface area contributed by atoms with Crippen molar-refractivity contribution in [3.05, 3.63) is 34.9 Å². The van der Waals surface area contributed by atoms with Crippen LogP contribution in [0.3, 0.4) is 0 Å². The van der Waals surface area contributed by atoms with Gasteiger partial charge in [0, 0.05) is 49.8 Å². The summed E-state index contributed by atoms with van der Waals surface area (Å²) in [6.07, 6.45) is 2.45. The second kappa shape index (κ2) is 9.48. The first-order valence-corrected chi connectivity index (χ1v) is 12.2. The summed E-state index contributed by atoms with van der Waals surface area (Å²) in [6, 6.07) is 8.63. The Kier molecular flexibility index (Phi) is 6.44. The number of anilines is 2. The average Bonchev–Trinajstić information content (AvgIpc) is 3.25. The van der Waals surface area contributed by atoms with Crippen molar-refractivity contribution in [1.82, 2.24) is 25.0 Å². The van der Waals surface area contributed by atoms with E-state index in [0.717, 1.165) is 50.5 Å². The number of nitrogens with two attached hydrogens (primary N) is 1. The van der Waals surface area contributed by atoms with Crippen LogP contribution >= 0.6 is 11.6 Å². The molecule has 0 spiro atoms. The minimum Gasteiger partial charge on any atom is -0.368 e. The Morgan fingerprint density at radius 1 is 1.21 bits per heavy atom. The van der Waals surface area contributed by atoms with Crippen LogP contribution in [-0.4, -0.2) is 88.4 Å². The van der Waals surface area contributed by atoms with Crippen LogP contribution in [0.25, 0.3) is 0 Å². The number of piperidine rings is 1. The number of rotatable bonds is 5. The number of aromatic amines is 1. The summed E-state index contributed by atoms with van der Waals surface area (Å²) in [4.78, 5) is 23.9. The van der Waals surface area contributed by atoms with Gasteiger partial charge in [-0.15, -0.1) is 5.10 Å². The number of benzene rings is 1. The summed E-state index contributed by atoms with van der Waals surface area (Å²) < 4.78 is 6.15. The Morgan fingerprint density at radius 2 is 1.94 bits per heavy atom. The van der Waals surface area contributed by atoms with Crippen molar-refractivity contribution in [1.29, 1.82) is 0 Å². The van der Waals surface area contributed by atoms with Crippen LogP contribution in [0, 0.1) is 5.92 Å². The molecule has 33 heavy (non-hydrogen) atoms. The molecule has 1 amide bonds. The van der Waals surface area contributed by atoms with Crippen LogP contribution in [0.4, 0.5) is 11.9 Å². The predicted octanol–water partition coefficient (Wildman–Crippen LogP) is 1.80. The number of halogens is 1. The van der Waals surface area contributed by atoms with Gasteiger partial charge in [-0.3, -0.25) is 9.69 Å². The third kappa shape index (κ3) is 4.95. The van der Waals surface area contributed by atoms with E-state index in [1.165, 1.54) is 5.56 Å². The van der Waals surface area contributed by atoms with Gasteiger partial charge in [0.2, 0.25) is 11.9 Å². The van der Waals surface area contributed by atoms with Gasteiger partial charge in [0.05, 0.1) is 6.61 Å². The molecule has 3 aliphatic heterocycles. The topological polar surface area (TPSA) is 104 Å². The zero-order chi connectivity index (χ0) is 22.9. The van der Waals surface area contributed by atoms with E-state index >= 15 is 0 Å². The number of carbonyl (C=O) groups excluding carboxylic acids is 1. The maximum atomic E-state index is 13.0. The SMILES string of the molecule is CC1CN(C(=O)C2CN(C3CCN(c4n[nH]c(N)n4)CC3)C(Cc3ccc(Cl)cc3)CO2)C1. The third-order valence-electron chi connectivity index (χ3n) is 7.08. The molecule has 9 nitrogen and oxygen atoms in total. The quantitative estimate of drug-likeness (QED) is 0.682. The van der Waals surface area contributed by atoms with Gasteiger partial charge in [0.15, 0.2) is 0 Å². The second-order valence-electron chi connectivity index (χ2n) is 9.59. The molecule has 0 aliphatic carbocycles. The molecule has 0 bridgehead atoms. The van der Waals surface area contributed by atoms with Gasteiger partial charge in [-0.2, -0.15) is 4.98 Å². The van der Waals surface area contributed by atoms with Crippen molar-refractivity contribution in [2.45, 2.75) is 44.4 Å². The van der Waals surface area contributed by atoms with E-state index in [1.807, 2.05) is 17.0 Å². The lowest BCUT2D eigenvalue weighted by molar-refractivity contribution is -0.161. The van der Waals surface area contributed by atoms with Crippen LogP contribution < -0.4 is 10.6 Å². The smallest absolute Gasteiger partial charge is 0.253 e. The minimum atomic E-state index is -0.384. The molecule has 2 aromatic rings. The molecule has 4 heterocycles. The first-order chi connectivity index (χ1) is 16.0. The number of hydrogen-bond donors (Lipinski definition) is 2. The van der Waals surface area contributed by atoms with Gasteiger partial charge in [0.1, 0.15) is 6.10 Å². The minimum absolute atomic E-state index is 0.136. The van der Waals surface area contributed by atoms with E-state index in [-0.39, 0.29) is 18.1 Å². The first kappa shape index (κ1) is 22.4. The number of morpholine rings is 1. The van der Waals surface area contributed by atoms with Crippen LogP contribution in [0.5, 0.6) is 0 Å². The molecule has 0 radical (unpaired) electrons. The Bertz CT molecular complexity index is 954. The number of nitrogen functional groups attached to an aromatic ring is 1. The number of nitrogens with zero attached hydrogens (tertiary/aromatic N) is 5. The lowest BCUT2D eigenvalue weighted by atomic mass is 9.95. The molecule has 2 atom stereocenters. The zero-order valence-electron chi connectivity index (χ0n) is 19.0. The molecular weight excluding hydrogens is 442 g/mol. The van der Waals surface area contributed by atoms with Crippen molar-refractivity contribution in [3.63, 3.8) is 0 Å². The third-order valence-corrected chi connectivity index (χ3v) is 7.33. The first-order valence-electron chi connectivity index (χ1n) is 11.8. The van der Waals surface area contributed by atoms with Crippen molar-refractivity contribution >= 4 is 29.4 Å². The highest BCUT2D eigenvalue weighted by atomic mass is 35.5. The molecule has 3 fully saturated rings. The molecule has 3 saturated heterocycles. The van der Waals surface area contributed by atoms with E-state index in [9.17, 15) is 4.79 Å². The molecule has 3 aliphatic rings. The molecule has 5 rings (SSSR count). The van der Waals surface area contributed by atoms with E-state index in [0.29, 0.717) is 37.0 Å². The summed E-state index contributed by atoms with van der Waals surface area (Å²) >= 11 is 6.08. The van der Waals surface area contributed by atoms with Crippen molar-refractivity contribution in [2.75, 3.05) is 50.0 Å². The molecule has 0 saturated carbocycles. The number of aromatic nitrogens is 3. The largest absolute Gasteiger partial charge is 0.368 e. The van der Waals surface area contributed by atoms with E-state index < -0.39 is 0 Å². The molecule has 10 heteroatoms. The maximum Gasteiger partial charge on any atom is 0.253 e. The highest BCUT2D eigenvalue weighted by molar-refractivity contribution is 6.30. The Morgan fingerprint density at radius 3 is 2.58 bits per heavy atom. The van der Waals surface area contributed by atoms with Gasteiger partial charge in [0.25, 0.3) is 5.91 Å². The lowest BCUT2D eigenvalue weighted by Crippen LogP contribution is -2.62. The normalized spacial score (nSPS) is 25.3. The zero-order valence-corrected chi connectivity index (χ0v) is 19.7. The van der Waals surface area contributed by atoms with E-state index in [4.69, 9.17) is 22.1 Å². The van der Waals surface area contributed by atoms with E-state index in [2.05, 4.69) is 44.0 Å². The highest BCUT2D eigenvalue weighted by Gasteiger charge is 2.41. The summed E-state index contributed by atoms with van der Waals surface area (Å²) in [6.45, 7) is 6.76. The van der Waals surface area contributed by atoms with Gasteiger partial charge in [-0.1, -0.05) is 30.7 Å². The number of carbonyl (C=O) groups is 1. The van der Waals surface area contributed by atoms with Crippen LogP contribution in [0.1, 0.15) is 25.3 Å². The van der Waals surface area contributed by atoms with Gasteiger partial charge >= 0.3 is 0 Å². The summed E-state index contributed by atoms with van der Waals surface area (Å²) in [5.41, 5.74) is 6.93. The van der Waals surface area contributed by atoms with Crippen molar-refractivity contribution in [3.8, 4) is 0 Å². The van der Waals surface area contributed by atoms with Gasteiger partial charge in [-0.05, 0) is 42.9 Å². The van der Waals surface area contributed by atoms with Gasteiger partial charge in [-0.25, -0.2) is 5.10 Å². The molecule has 178 valence electrons. The fraction of sp³-hybridized carbons (Fsp3) is 0.609. The van der Waals surface area contributed by atoms with Gasteiger partial charge < -0.3 is 20.3 Å². The lowest BCUT2D eigenvalue weighted by Gasteiger charge is -2.48. The number of H-pyrrole nitrogens is 1. The molecule has 1 aromatic heterocycles.